The third-order valence-electron chi connectivity index (χ3n) is 4.39. The van der Waals surface area contributed by atoms with Crippen LogP contribution in [0.3, 0.4) is 0 Å². The average molecular weight is 276 g/mol. The van der Waals surface area contributed by atoms with Crippen LogP contribution in [0.1, 0.15) is 13.3 Å². The van der Waals surface area contributed by atoms with Crippen molar-refractivity contribution in [1.29, 1.82) is 0 Å². The molecule has 1 aromatic rings. The van der Waals surface area contributed by atoms with Crippen LogP contribution in [0.5, 0.6) is 5.75 Å². The Kier molecular flexibility index (Phi) is 3.40. The lowest BCUT2D eigenvalue weighted by atomic mass is 9.86. The minimum absolute atomic E-state index is 0.0708. The van der Waals surface area contributed by atoms with E-state index in [-0.39, 0.29) is 23.9 Å². The first-order valence-corrected chi connectivity index (χ1v) is 7.03. The maximum atomic E-state index is 12.1. The van der Waals surface area contributed by atoms with Gasteiger partial charge in [0.1, 0.15) is 12.4 Å². The smallest absolute Gasteiger partial charge is 0.253 e. The summed E-state index contributed by atoms with van der Waals surface area (Å²) in [7, 11) is 0. The van der Waals surface area contributed by atoms with Crippen molar-refractivity contribution in [1.82, 2.24) is 5.32 Å². The molecule has 3 rings (SSSR count). The van der Waals surface area contributed by atoms with Gasteiger partial charge in [-0.25, -0.2) is 0 Å². The van der Waals surface area contributed by atoms with Crippen LogP contribution in [0, 0.1) is 5.92 Å². The summed E-state index contributed by atoms with van der Waals surface area (Å²) < 4.78 is 5.84. The minimum Gasteiger partial charge on any atom is -0.506 e. The fourth-order valence-electron chi connectivity index (χ4n) is 3.09. The number of ether oxygens (including phenoxy) is 1. The molecule has 1 aromatic carbocycles. The van der Waals surface area contributed by atoms with Gasteiger partial charge < -0.3 is 20.1 Å². The molecule has 2 aliphatic rings. The summed E-state index contributed by atoms with van der Waals surface area (Å²) >= 11 is 0. The second kappa shape index (κ2) is 5.07. The standard InChI is InChI=1S/C15H20N2O3/c1-15(11-6-7-16-8-11)10-17(14(19)9-20-15)12-4-2-3-5-13(12)18/h2-5,11,16,18H,6-10H2,1H3. The van der Waals surface area contributed by atoms with Crippen LogP contribution in [-0.2, 0) is 9.53 Å². The Hall–Kier alpha value is -1.59. The number of rotatable bonds is 2. The average Bonchev–Trinajstić information content (AvgIpc) is 2.97. The summed E-state index contributed by atoms with van der Waals surface area (Å²) in [5, 5.41) is 13.3. The molecule has 2 aliphatic heterocycles. The number of hydrogen-bond acceptors (Lipinski definition) is 4. The molecule has 5 heteroatoms. The first kappa shape index (κ1) is 13.4. The summed E-state index contributed by atoms with van der Waals surface area (Å²) in [5.41, 5.74) is 0.206. The van der Waals surface area contributed by atoms with Crippen molar-refractivity contribution in [2.45, 2.75) is 18.9 Å². The maximum Gasteiger partial charge on any atom is 0.253 e. The first-order chi connectivity index (χ1) is 9.60. The normalized spacial score (nSPS) is 30.8. The van der Waals surface area contributed by atoms with Crippen LogP contribution in [-0.4, -0.2) is 42.9 Å². The largest absolute Gasteiger partial charge is 0.506 e. The zero-order valence-electron chi connectivity index (χ0n) is 11.6. The lowest BCUT2D eigenvalue weighted by Crippen LogP contribution is -2.57. The molecule has 1 amide bonds. The Morgan fingerprint density at radius 3 is 2.95 bits per heavy atom. The molecule has 0 bridgehead atoms. The molecule has 0 aromatic heterocycles. The van der Waals surface area contributed by atoms with E-state index in [1.807, 2.05) is 6.07 Å². The maximum absolute atomic E-state index is 12.1. The number of amides is 1. The van der Waals surface area contributed by atoms with Gasteiger partial charge >= 0.3 is 0 Å². The van der Waals surface area contributed by atoms with Gasteiger partial charge in [0.05, 0.1) is 17.8 Å². The number of carbonyl (C=O) groups is 1. The van der Waals surface area contributed by atoms with Gasteiger partial charge in [-0.1, -0.05) is 12.1 Å². The molecule has 20 heavy (non-hydrogen) atoms. The molecular weight excluding hydrogens is 256 g/mol. The molecular formula is C15H20N2O3. The van der Waals surface area contributed by atoms with E-state index in [0.29, 0.717) is 18.2 Å². The lowest BCUT2D eigenvalue weighted by Gasteiger charge is -2.43. The van der Waals surface area contributed by atoms with Crippen molar-refractivity contribution >= 4 is 11.6 Å². The summed E-state index contributed by atoms with van der Waals surface area (Å²) in [5.74, 6) is 0.425. The van der Waals surface area contributed by atoms with Crippen molar-refractivity contribution in [2.75, 3.05) is 31.1 Å². The van der Waals surface area contributed by atoms with Gasteiger partial charge in [0.25, 0.3) is 5.91 Å². The number of nitrogens with zero attached hydrogens (tertiary/aromatic N) is 1. The Balaban J connectivity index is 1.87. The number of phenols is 1. The van der Waals surface area contributed by atoms with Gasteiger partial charge in [-0.05, 0) is 32.0 Å². The molecule has 2 N–H and O–H groups in total. The highest BCUT2D eigenvalue weighted by atomic mass is 16.5. The minimum atomic E-state index is -0.361. The van der Waals surface area contributed by atoms with Crippen LogP contribution in [0.15, 0.2) is 24.3 Å². The van der Waals surface area contributed by atoms with Crippen molar-refractivity contribution in [3.05, 3.63) is 24.3 Å². The van der Waals surface area contributed by atoms with Gasteiger partial charge in [-0.3, -0.25) is 4.79 Å². The van der Waals surface area contributed by atoms with E-state index in [1.165, 1.54) is 0 Å². The highest BCUT2D eigenvalue weighted by Gasteiger charge is 2.43. The van der Waals surface area contributed by atoms with Crippen molar-refractivity contribution in [3.63, 3.8) is 0 Å². The third kappa shape index (κ3) is 2.27. The Morgan fingerprint density at radius 2 is 2.25 bits per heavy atom. The number of nitrogens with one attached hydrogen (secondary N) is 1. The van der Waals surface area contributed by atoms with Gasteiger partial charge in [-0.2, -0.15) is 0 Å². The van der Waals surface area contributed by atoms with Crippen LogP contribution < -0.4 is 10.2 Å². The number of para-hydroxylation sites is 2. The summed E-state index contributed by atoms with van der Waals surface area (Å²) in [4.78, 5) is 13.8. The highest BCUT2D eigenvalue weighted by molar-refractivity contribution is 5.96. The van der Waals surface area contributed by atoms with E-state index in [4.69, 9.17) is 4.74 Å². The molecule has 108 valence electrons. The number of phenolic OH excluding ortho intramolecular Hbond substituents is 1. The molecule has 2 atom stereocenters. The van der Waals surface area contributed by atoms with Crippen LogP contribution in [0.2, 0.25) is 0 Å². The number of carbonyl (C=O) groups excluding carboxylic acids is 1. The molecule has 0 aliphatic carbocycles. The van der Waals surface area contributed by atoms with Crippen LogP contribution in [0.4, 0.5) is 5.69 Å². The molecule has 5 nitrogen and oxygen atoms in total. The summed E-state index contributed by atoms with van der Waals surface area (Å²) in [6, 6.07) is 6.95. The van der Waals surface area contributed by atoms with E-state index in [2.05, 4.69) is 12.2 Å². The van der Waals surface area contributed by atoms with Crippen molar-refractivity contribution < 1.29 is 14.6 Å². The van der Waals surface area contributed by atoms with E-state index in [1.54, 1.807) is 23.1 Å². The molecule has 0 saturated carbocycles. The van der Waals surface area contributed by atoms with E-state index in [0.717, 1.165) is 19.5 Å². The second-order valence-electron chi connectivity index (χ2n) is 5.76. The number of anilines is 1. The van der Waals surface area contributed by atoms with Crippen molar-refractivity contribution in [2.24, 2.45) is 5.92 Å². The predicted octanol–water partition coefficient (Wildman–Crippen LogP) is 1.12. The quantitative estimate of drug-likeness (QED) is 0.850. The third-order valence-corrected chi connectivity index (χ3v) is 4.39. The van der Waals surface area contributed by atoms with Gasteiger partial charge in [0, 0.05) is 12.5 Å². The first-order valence-electron chi connectivity index (χ1n) is 7.03. The zero-order valence-corrected chi connectivity index (χ0v) is 11.6. The number of aromatic hydroxyl groups is 1. The van der Waals surface area contributed by atoms with E-state index in [9.17, 15) is 9.90 Å². The van der Waals surface area contributed by atoms with E-state index >= 15 is 0 Å². The van der Waals surface area contributed by atoms with Crippen molar-refractivity contribution in [3.8, 4) is 5.75 Å². The molecule has 2 saturated heterocycles. The van der Waals surface area contributed by atoms with Crippen LogP contribution >= 0.6 is 0 Å². The SMILES string of the molecule is CC1(C2CCNC2)CN(c2ccccc2O)C(=O)CO1. The summed E-state index contributed by atoms with van der Waals surface area (Å²) in [6.45, 7) is 4.52. The Bertz CT molecular complexity index is 514. The fraction of sp³-hybridized carbons (Fsp3) is 0.533. The predicted molar refractivity (Wildman–Crippen MR) is 75.8 cm³/mol. The van der Waals surface area contributed by atoms with E-state index < -0.39 is 0 Å². The van der Waals surface area contributed by atoms with Crippen LogP contribution in [0.25, 0.3) is 0 Å². The monoisotopic (exact) mass is 276 g/mol. The molecule has 0 spiro atoms. The Labute approximate surface area is 118 Å². The molecule has 2 heterocycles. The van der Waals surface area contributed by atoms with Gasteiger partial charge in [-0.15, -0.1) is 0 Å². The molecule has 2 fully saturated rings. The highest BCUT2D eigenvalue weighted by Crippen LogP contribution is 2.35. The topological polar surface area (TPSA) is 61.8 Å². The fourth-order valence-corrected chi connectivity index (χ4v) is 3.09. The molecule has 2 unspecified atom stereocenters. The number of benzene rings is 1. The van der Waals surface area contributed by atoms with Gasteiger partial charge in [0.15, 0.2) is 0 Å². The Morgan fingerprint density at radius 1 is 1.45 bits per heavy atom. The molecule has 0 radical (unpaired) electrons. The lowest BCUT2D eigenvalue weighted by molar-refractivity contribution is -0.142. The number of hydrogen-bond donors (Lipinski definition) is 2. The second-order valence-corrected chi connectivity index (χ2v) is 5.76. The number of morpholine rings is 1. The zero-order chi connectivity index (χ0) is 14.2. The van der Waals surface area contributed by atoms with Gasteiger partial charge in [0.2, 0.25) is 0 Å². The summed E-state index contributed by atoms with van der Waals surface area (Å²) in [6.07, 6.45) is 1.05.